The van der Waals surface area contributed by atoms with Gasteiger partial charge in [0.15, 0.2) is 0 Å². The van der Waals surface area contributed by atoms with Crippen molar-refractivity contribution in [3.63, 3.8) is 0 Å². The van der Waals surface area contributed by atoms with Crippen molar-refractivity contribution in [1.82, 2.24) is 25.3 Å². The largest absolute Gasteiger partial charge is 0.396 e. The summed E-state index contributed by atoms with van der Waals surface area (Å²) in [4.78, 5) is 19.6. The zero-order chi connectivity index (χ0) is 40.2. The van der Waals surface area contributed by atoms with E-state index in [4.69, 9.17) is 9.84 Å². The van der Waals surface area contributed by atoms with Crippen molar-refractivity contribution in [2.24, 2.45) is 20.9 Å². The number of fused-ring (bicyclic) bond motifs is 1. The molecule has 0 aromatic heterocycles. The molecule has 3 aliphatic heterocycles. The van der Waals surface area contributed by atoms with Gasteiger partial charge in [-0.15, -0.1) is 0 Å². The molecule has 2 atom stereocenters. The number of rotatable bonds is 14. The number of hydrogen-bond acceptors (Lipinski definition) is 11. The number of nitrogens with zero attached hydrogens (tertiary/aromatic N) is 6. The Bertz CT molecular complexity index is 1100. The van der Waals surface area contributed by atoms with Gasteiger partial charge in [0.25, 0.3) is 0 Å². The minimum absolute atomic E-state index is 0.0750. The van der Waals surface area contributed by atoms with E-state index in [1.54, 1.807) is 12.3 Å². The van der Waals surface area contributed by atoms with Gasteiger partial charge in [-0.05, 0) is 58.5 Å². The highest BCUT2D eigenvalue weighted by Crippen LogP contribution is 2.20. The first kappa shape index (κ1) is 53.2. The molecule has 0 aromatic rings. The minimum Gasteiger partial charge on any atom is -0.396 e. The first-order chi connectivity index (χ1) is 25.2. The maximum Gasteiger partial charge on any atom is 0.201 e. The first-order valence-electron chi connectivity index (χ1n) is 19.2. The van der Waals surface area contributed by atoms with Gasteiger partial charge in [-0.25, -0.2) is 4.99 Å². The summed E-state index contributed by atoms with van der Waals surface area (Å²) in [6, 6.07) is 0.281. The number of allylic oxidation sites excluding steroid dienone is 5. The van der Waals surface area contributed by atoms with Crippen LogP contribution in [0.5, 0.6) is 0 Å². The highest BCUT2D eigenvalue weighted by molar-refractivity contribution is 6.11. The van der Waals surface area contributed by atoms with Crippen LogP contribution in [-0.2, 0) is 4.74 Å². The fourth-order valence-corrected chi connectivity index (χ4v) is 4.58. The van der Waals surface area contributed by atoms with E-state index in [9.17, 15) is 5.11 Å². The van der Waals surface area contributed by atoms with Gasteiger partial charge in [0.1, 0.15) is 12.6 Å². The lowest BCUT2D eigenvalue weighted by atomic mass is 10.0. The van der Waals surface area contributed by atoms with Gasteiger partial charge >= 0.3 is 0 Å². The molecule has 0 aliphatic carbocycles. The van der Waals surface area contributed by atoms with E-state index in [-0.39, 0.29) is 25.4 Å². The van der Waals surface area contributed by atoms with Gasteiger partial charge in [-0.3, -0.25) is 19.8 Å². The molecule has 3 heterocycles. The Kier molecular flexibility index (Phi) is 38.4. The summed E-state index contributed by atoms with van der Waals surface area (Å²) < 4.78 is 4.91. The number of aliphatic hydroxyl groups is 2. The van der Waals surface area contributed by atoms with E-state index in [0.29, 0.717) is 25.7 Å². The highest BCUT2D eigenvalue weighted by Gasteiger charge is 2.26. The summed E-state index contributed by atoms with van der Waals surface area (Å²) in [6.07, 6.45) is 16.6. The van der Waals surface area contributed by atoms with Crippen LogP contribution in [0, 0.1) is 5.92 Å². The van der Waals surface area contributed by atoms with Gasteiger partial charge < -0.3 is 30.5 Å². The smallest absolute Gasteiger partial charge is 0.201 e. The molecule has 1 fully saturated rings. The van der Waals surface area contributed by atoms with Crippen LogP contribution in [0.15, 0.2) is 87.1 Å². The average molecular weight is 731 g/mol. The Labute approximate surface area is 319 Å². The van der Waals surface area contributed by atoms with Crippen molar-refractivity contribution in [3.05, 3.63) is 72.2 Å². The normalized spacial score (nSPS) is 18.0. The fourth-order valence-electron chi connectivity index (χ4n) is 4.58. The summed E-state index contributed by atoms with van der Waals surface area (Å²) in [5.41, 5.74) is 3.28. The van der Waals surface area contributed by atoms with Crippen molar-refractivity contribution < 1.29 is 14.9 Å². The predicted molar refractivity (Wildman–Crippen MR) is 228 cm³/mol. The minimum atomic E-state index is -0.220. The van der Waals surface area contributed by atoms with E-state index < -0.39 is 0 Å². The van der Waals surface area contributed by atoms with E-state index in [0.717, 1.165) is 56.4 Å². The number of aliphatic hydroxyl groups excluding tert-OH is 2. The molecular weight excluding hydrogens is 653 g/mol. The van der Waals surface area contributed by atoms with Crippen LogP contribution >= 0.6 is 0 Å². The molecule has 0 spiro atoms. The molecule has 52 heavy (non-hydrogen) atoms. The fraction of sp³-hybridized carbons (Fsp3) is 0.634. The van der Waals surface area contributed by atoms with Gasteiger partial charge in [-0.2, -0.15) is 0 Å². The molecule has 0 radical (unpaired) electrons. The second-order valence-corrected chi connectivity index (χ2v) is 11.5. The van der Waals surface area contributed by atoms with Crippen LogP contribution in [0.25, 0.3) is 0 Å². The number of amidine groups is 1. The summed E-state index contributed by atoms with van der Waals surface area (Å²) in [7, 11) is 4.18. The zero-order valence-corrected chi connectivity index (χ0v) is 35.2. The second kappa shape index (κ2) is 37.6. The van der Waals surface area contributed by atoms with Gasteiger partial charge in [0.05, 0.1) is 26.3 Å². The Morgan fingerprint density at radius 2 is 1.75 bits per heavy atom. The average Bonchev–Trinajstić information content (AvgIpc) is 3.43. The molecule has 4 N–H and O–H groups in total. The maximum atomic E-state index is 9.50. The lowest BCUT2D eigenvalue weighted by molar-refractivity contribution is -0.0215. The number of nitrogens with one attached hydrogen (secondary N) is 2. The number of likely N-dealkylation sites (N-methyl/N-ethyl adjacent to an activating group) is 2. The van der Waals surface area contributed by atoms with Crippen molar-refractivity contribution in [2.75, 3.05) is 86.5 Å². The Morgan fingerprint density at radius 3 is 2.31 bits per heavy atom. The standard InChI is InChI=1S/C21H32N6O.C11H20N2O2.C3H8.3C2H6/c1-4-5-18(12-16(2)14-27-10-8-26(3)9-11-27)24-21-22-7-6-19-17(15-28)13-23-20(19)25-21;1-11(9-15-10-14)13(3)8-6-4-5-7-12-2;1-3-2;3*1-2/h4-6,12,17,28H,1,7-11,13-15H2,2-3H3,(H2,22,23,24,25);4-7,11,14H,2,8-10H2,1,3H3;3H2,1-2H3;3*1-2H3/b16-12-,18-5+;6-4-,7-5-;;;;. The molecule has 11 heteroatoms. The first-order valence-corrected chi connectivity index (χ1v) is 19.2. The van der Waals surface area contributed by atoms with Crippen LogP contribution in [0.2, 0.25) is 0 Å². The Balaban J connectivity index is -0.000000847. The van der Waals surface area contributed by atoms with Gasteiger partial charge in [-0.1, -0.05) is 98.3 Å². The van der Waals surface area contributed by atoms with Crippen molar-refractivity contribution in [3.8, 4) is 0 Å². The molecule has 300 valence electrons. The molecule has 0 bridgehead atoms. The number of piperazine rings is 1. The molecule has 2 unspecified atom stereocenters. The molecule has 0 amide bonds. The van der Waals surface area contributed by atoms with Crippen molar-refractivity contribution in [2.45, 2.75) is 81.7 Å². The highest BCUT2D eigenvalue weighted by atomic mass is 16.6. The number of guanidine groups is 1. The number of aliphatic imine (C=N–C) groups is 3. The molecule has 3 aliphatic rings. The second-order valence-electron chi connectivity index (χ2n) is 11.5. The Hall–Kier alpha value is -3.19. The van der Waals surface area contributed by atoms with Crippen LogP contribution in [0.1, 0.15) is 75.7 Å². The lowest BCUT2D eigenvalue weighted by Crippen LogP contribution is -2.45. The molecule has 1 saturated heterocycles. The monoisotopic (exact) mass is 731 g/mol. The van der Waals surface area contributed by atoms with Crippen LogP contribution in [0.3, 0.4) is 0 Å². The van der Waals surface area contributed by atoms with Gasteiger partial charge in [0, 0.05) is 63.1 Å². The quantitative estimate of drug-likeness (QED) is 0.0937. The van der Waals surface area contributed by atoms with E-state index in [2.05, 4.69) is 87.5 Å². The van der Waals surface area contributed by atoms with Crippen LogP contribution < -0.4 is 10.6 Å². The summed E-state index contributed by atoms with van der Waals surface area (Å²) in [5.74, 6) is 1.55. The summed E-state index contributed by atoms with van der Waals surface area (Å²) in [6.45, 7) is 35.5. The Morgan fingerprint density at radius 1 is 1.12 bits per heavy atom. The molecular formula is C41H78N8O3. The number of hydrogen-bond donors (Lipinski definition) is 4. The molecule has 0 aromatic carbocycles. The van der Waals surface area contributed by atoms with Crippen molar-refractivity contribution >= 4 is 18.5 Å². The topological polar surface area (TPSA) is 121 Å². The van der Waals surface area contributed by atoms with E-state index in [1.165, 1.54) is 12.0 Å². The SMILES string of the molecule is C=C/C=C(\C=C(\C)CN1CCN(C)CC1)NC1=NCC=C2C(=NCC2CO)N1.C=N/C=C\C=C/CN(C)C(C)COCO.CC.CC.CC.CCC. The third-order valence-corrected chi connectivity index (χ3v) is 7.27. The molecule has 0 saturated carbocycles. The molecule has 11 nitrogen and oxygen atoms in total. The molecule has 3 rings (SSSR count). The zero-order valence-electron chi connectivity index (χ0n) is 35.2. The number of ether oxygens (including phenoxy) is 1. The van der Waals surface area contributed by atoms with Gasteiger partial charge in [0.2, 0.25) is 5.96 Å². The predicted octanol–water partition coefficient (Wildman–Crippen LogP) is 6.28. The van der Waals surface area contributed by atoms with E-state index in [1.807, 2.05) is 85.9 Å². The third kappa shape index (κ3) is 25.7. The van der Waals surface area contributed by atoms with E-state index >= 15 is 0 Å². The third-order valence-electron chi connectivity index (χ3n) is 7.27. The summed E-state index contributed by atoms with van der Waals surface area (Å²) >= 11 is 0. The van der Waals surface area contributed by atoms with Crippen LogP contribution in [-0.4, -0.2) is 136 Å². The van der Waals surface area contributed by atoms with Crippen LogP contribution in [0.4, 0.5) is 0 Å². The maximum absolute atomic E-state index is 9.50. The van der Waals surface area contributed by atoms with Crippen molar-refractivity contribution in [1.29, 1.82) is 0 Å². The summed E-state index contributed by atoms with van der Waals surface area (Å²) in [5, 5.41) is 24.6. The lowest BCUT2D eigenvalue weighted by Gasteiger charge is -2.32.